The first-order valence-electron chi connectivity index (χ1n) is 5.99. The molecule has 0 bridgehead atoms. The highest BCUT2D eigenvalue weighted by atomic mass is 35.5. The van der Waals surface area contributed by atoms with E-state index in [1.807, 2.05) is 13.0 Å². The molecule has 0 saturated heterocycles. The predicted octanol–water partition coefficient (Wildman–Crippen LogP) is 3.20. The Bertz CT molecular complexity index is 416. The van der Waals surface area contributed by atoms with E-state index in [1.165, 1.54) is 0 Å². The molecule has 6 heteroatoms. The van der Waals surface area contributed by atoms with Gasteiger partial charge in [0, 0.05) is 16.5 Å². The zero-order chi connectivity index (χ0) is 13.5. The summed E-state index contributed by atoms with van der Waals surface area (Å²) in [6, 6.07) is 5.40. The van der Waals surface area contributed by atoms with Crippen LogP contribution in [0.2, 0.25) is 5.02 Å². The maximum atomic E-state index is 12.1. The highest BCUT2D eigenvalue weighted by molar-refractivity contribution is 7.99. The van der Waals surface area contributed by atoms with Gasteiger partial charge in [-0.3, -0.25) is 4.79 Å². The first-order valence-corrected chi connectivity index (χ1v) is 7.35. The lowest BCUT2D eigenvalue weighted by molar-refractivity contribution is 0.0945. The summed E-state index contributed by atoms with van der Waals surface area (Å²) in [6.45, 7) is 5.20. The van der Waals surface area contributed by atoms with Gasteiger partial charge in [0.15, 0.2) is 0 Å². The fourth-order valence-electron chi connectivity index (χ4n) is 1.41. The Kier molecular flexibility index (Phi) is 9.27. The fraction of sp³-hybridized carbons (Fsp3) is 0.462. The number of halogens is 2. The minimum atomic E-state index is -0.0891. The Balaban J connectivity index is 0.00000324. The molecule has 0 aromatic heterocycles. The molecule has 1 unspecified atom stereocenters. The van der Waals surface area contributed by atoms with Gasteiger partial charge in [0.05, 0.1) is 5.56 Å². The number of hydrogen-bond acceptors (Lipinski definition) is 3. The van der Waals surface area contributed by atoms with E-state index in [0.717, 1.165) is 10.6 Å². The second-order valence-corrected chi connectivity index (χ2v) is 5.87. The fourth-order valence-corrected chi connectivity index (χ4v) is 2.36. The molecule has 1 atom stereocenters. The van der Waals surface area contributed by atoms with Crippen molar-refractivity contribution in [1.29, 1.82) is 0 Å². The summed E-state index contributed by atoms with van der Waals surface area (Å²) in [4.78, 5) is 13.0. The largest absolute Gasteiger partial charge is 0.352 e. The highest BCUT2D eigenvalue weighted by Crippen LogP contribution is 2.25. The average molecular weight is 323 g/mol. The number of nitrogens with one attached hydrogen (secondary N) is 1. The maximum Gasteiger partial charge on any atom is 0.252 e. The van der Waals surface area contributed by atoms with Crippen LogP contribution in [0.4, 0.5) is 0 Å². The van der Waals surface area contributed by atoms with Crippen LogP contribution in [0.5, 0.6) is 0 Å². The summed E-state index contributed by atoms with van der Waals surface area (Å²) in [5.74, 6) is 1.10. The molecule has 0 aliphatic heterocycles. The molecule has 0 spiro atoms. The van der Waals surface area contributed by atoms with E-state index < -0.39 is 0 Å². The first-order chi connectivity index (χ1) is 8.58. The molecule has 0 radical (unpaired) electrons. The quantitative estimate of drug-likeness (QED) is 0.791. The van der Waals surface area contributed by atoms with Gasteiger partial charge in [-0.2, -0.15) is 0 Å². The Hall–Kier alpha value is -0.420. The minimum Gasteiger partial charge on any atom is -0.352 e. The Morgan fingerprint density at radius 2 is 2.21 bits per heavy atom. The van der Waals surface area contributed by atoms with Crippen molar-refractivity contribution in [3.05, 3.63) is 28.8 Å². The minimum absolute atomic E-state index is 0. The van der Waals surface area contributed by atoms with Crippen molar-refractivity contribution >= 4 is 41.7 Å². The zero-order valence-electron chi connectivity index (χ0n) is 11.1. The van der Waals surface area contributed by atoms with Gasteiger partial charge in [0.1, 0.15) is 0 Å². The molecule has 0 aliphatic rings. The number of hydrogen-bond donors (Lipinski definition) is 2. The molecule has 0 saturated carbocycles. The molecule has 0 aliphatic carbocycles. The van der Waals surface area contributed by atoms with E-state index in [4.69, 9.17) is 17.3 Å². The standard InChI is InChI=1S/C13H19ClN2OS.ClH/c1-3-18-12-5-4-10(14)6-11(12)13(17)16-8-9(2)7-15;/h4-6,9H,3,7-8,15H2,1-2H3,(H,16,17);1H. The van der Waals surface area contributed by atoms with Crippen molar-refractivity contribution in [3.8, 4) is 0 Å². The lowest BCUT2D eigenvalue weighted by Gasteiger charge is -2.12. The summed E-state index contributed by atoms with van der Waals surface area (Å²) in [6.07, 6.45) is 0. The number of thioether (sulfide) groups is 1. The van der Waals surface area contributed by atoms with Crippen LogP contribution in [-0.4, -0.2) is 24.7 Å². The van der Waals surface area contributed by atoms with Gasteiger partial charge < -0.3 is 11.1 Å². The second-order valence-electron chi connectivity index (χ2n) is 4.12. The van der Waals surface area contributed by atoms with Crippen LogP contribution >= 0.6 is 35.8 Å². The molecule has 1 aromatic carbocycles. The first kappa shape index (κ1) is 18.6. The molecule has 1 amide bonds. The SMILES string of the molecule is CCSc1ccc(Cl)cc1C(=O)NCC(C)CN.Cl. The van der Waals surface area contributed by atoms with Crippen molar-refractivity contribution in [2.24, 2.45) is 11.7 Å². The lowest BCUT2D eigenvalue weighted by atomic mass is 10.1. The molecule has 3 nitrogen and oxygen atoms in total. The van der Waals surface area contributed by atoms with Crippen molar-refractivity contribution in [2.45, 2.75) is 18.7 Å². The van der Waals surface area contributed by atoms with Crippen molar-refractivity contribution in [3.63, 3.8) is 0 Å². The summed E-state index contributed by atoms with van der Waals surface area (Å²) >= 11 is 7.58. The molecular formula is C13H20Cl2N2OS. The zero-order valence-corrected chi connectivity index (χ0v) is 13.5. The van der Waals surface area contributed by atoms with E-state index in [1.54, 1.807) is 23.9 Å². The van der Waals surface area contributed by atoms with E-state index in [9.17, 15) is 4.79 Å². The van der Waals surface area contributed by atoms with Crippen LogP contribution in [-0.2, 0) is 0 Å². The third kappa shape index (κ3) is 6.04. The number of carbonyl (C=O) groups is 1. The van der Waals surface area contributed by atoms with Gasteiger partial charge >= 0.3 is 0 Å². The predicted molar refractivity (Wildman–Crippen MR) is 85.6 cm³/mol. The Labute approximate surface area is 130 Å². The number of rotatable bonds is 6. The van der Waals surface area contributed by atoms with Crippen LogP contribution in [0.3, 0.4) is 0 Å². The van der Waals surface area contributed by atoms with Gasteiger partial charge in [-0.15, -0.1) is 24.2 Å². The third-order valence-corrected chi connectivity index (χ3v) is 3.69. The Morgan fingerprint density at radius 1 is 1.53 bits per heavy atom. The smallest absolute Gasteiger partial charge is 0.252 e. The average Bonchev–Trinajstić information content (AvgIpc) is 2.37. The molecule has 19 heavy (non-hydrogen) atoms. The van der Waals surface area contributed by atoms with Crippen molar-refractivity contribution in [2.75, 3.05) is 18.8 Å². The van der Waals surface area contributed by atoms with Gasteiger partial charge in [-0.05, 0) is 36.4 Å². The lowest BCUT2D eigenvalue weighted by Crippen LogP contribution is -2.31. The van der Waals surface area contributed by atoms with Gasteiger partial charge in [-0.25, -0.2) is 0 Å². The summed E-state index contributed by atoms with van der Waals surface area (Å²) in [5.41, 5.74) is 6.16. The summed E-state index contributed by atoms with van der Waals surface area (Å²) in [7, 11) is 0. The van der Waals surface area contributed by atoms with Crippen LogP contribution in [0, 0.1) is 5.92 Å². The van der Waals surface area contributed by atoms with Crippen LogP contribution in [0.15, 0.2) is 23.1 Å². The van der Waals surface area contributed by atoms with E-state index in [0.29, 0.717) is 23.7 Å². The topological polar surface area (TPSA) is 55.1 Å². The summed E-state index contributed by atoms with van der Waals surface area (Å²) < 4.78 is 0. The number of nitrogens with two attached hydrogens (primary N) is 1. The van der Waals surface area contributed by atoms with Gasteiger partial charge in [0.2, 0.25) is 0 Å². The van der Waals surface area contributed by atoms with Gasteiger partial charge in [-0.1, -0.05) is 25.4 Å². The molecule has 0 heterocycles. The monoisotopic (exact) mass is 322 g/mol. The molecule has 0 fully saturated rings. The maximum absolute atomic E-state index is 12.1. The number of benzene rings is 1. The summed E-state index contributed by atoms with van der Waals surface area (Å²) in [5, 5.41) is 3.46. The van der Waals surface area contributed by atoms with Crippen LogP contribution in [0.25, 0.3) is 0 Å². The highest BCUT2D eigenvalue weighted by Gasteiger charge is 2.12. The third-order valence-electron chi connectivity index (χ3n) is 2.50. The van der Waals surface area contributed by atoms with E-state index in [-0.39, 0.29) is 24.2 Å². The van der Waals surface area contributed by atoms with Crippen LogP contribution in [0.1, 0.15) is 24.2 Å². The molecular weight excluding hydrogens is 303 g/mol. The number of carbonyl (C=O) groups excluding carboxylic acids is 1. The molecule has 1 aromatic rings. The van der Waals surface area contributed by atoms with Gasteiger partial charge in [0.25, 0.3) is 5.91 Å². The molecule has 1 rings (SSSR count). The van der Waals surface area contributed by atoms with Crippen LogP contribution < -0.4 is 11.1 Å². The second kappa shape index (κ2) is 9.48. The van der Waals surface area contributed by atoms with E-state index in [2.05, 4.69) is 12.2 Å². The molecule has 3 N–H and O–H groups in total. The Morgan fingerprint density at radius 3 is 2.79 bits per heavy atom. The number of amides is 1. The van der Waals surface area contributed by atoms with Crippen molar-refractivity contribution in [1.82, 2.24) is 5.32 Å². The van der Waals surface area contributed by atoms with E-state index >= 15 is 0 Å². The molecule has 108 valence electrons. The van der Waals surface area contributed by atoms with Crippen molar-refractivity contribution < 1.29 is 4.79 Å². The normalized spacial score (nSPS) is 11.6.